The molecular formula is C22H22N4OS2. The number of carbonyl (C=O) groups is 1. The maximum absolute atomic E-state index is 12.5. The first-order valence-electron chi connectivity index (χ1n) is 10.0. The van der Waals surface area contributed by atoms with Crippen LogP contribution in [0.1, 0.15) is 46.9 Å². The monoisotopic (exact) mass is 422 g/mol. The second kappa shape index (κ2) is 7.54. The second-order valence-electron chi connectivity index (χ2n) is 7.63. The van der Waals surface area contributed by atoms with Gasteiger partial charge in [0.05, 0.1) is 11.1 Å². The number of Topliss-reactive ketones (excluding diaryl/α,β-unsaturated/α-hetero) is 1. The van der Waals surface area contributed by atoms with E-state index in [9.17, 15) is 4.79 Å². The van der Waals surface area contributed by atoms with Crippen molar-refractivity contribution >= 4 is 44.7 Å². The third-order valence-corrected chi connectivity index (χ3v) is 7.66. The van der Waals surface area contributed by atoms with E-state index in [1.165, 1.54) is 34.0 Å². The van der Waals surface area contributed by atoms with Crippen LogP contribution in [0.4, 0.5) is 0 Å². The Balaban J connectivity index is 1.55. The lowest BCUT2D eigenvalue weighted by molar-refractivity contribution is 0.102. The lowest BCUT2D eigenvalue weighted by Gasteiger charge is -2.17. The number of aryl methyl sites for hydroxylation is 2. The zero-order chi connectivity index (χ0) is 20.0. The van der Waals surface area contributed by atoms with Crippen LogP contribution >= 0.6 is 23.1 Å². The van der Waals surface area contributed by atoms with E-state index < -0.39 is 0 Å². The van der Waals surface area contributed by atoms with Crippen LogP contribution in [0.25, 0.3) is 15.9 Å². The average Bonchev–Trinajstić information content (AvgIpc) is 3.32. The van der Waals surface area contributed by atoms with E-state index in [-0.39, 0.29) is 5.78 Å². The van der Waals surface area contributed by atoms with Gasteiger partial charge in [0.2, 0.25) is 0 Å². The summed E-state index contributed by atoms with van der Waals surface area (Å²) in [4.78, 5) is 20.0. The smallest absolute Gasteiger partial charge is 0.197 e. The Morgan fingerprint density at radius 1 is 1.28 bits per heavy atom. The van der Waals surface area contributed by atoms with E-state index in [2.05, 4.69) is 28.4 Å². The molecule has 148 valence electrons. The van der Waals surface area contributed by atoms with Crippen molar-refractivity contribution in [2.75, 3.05) is 5.75 Å². The summed E-state index contributed by atoms with van der Waals surface area (Å²) in [5.74, 6) is 2.12. The predicted octanol–water partition coefficient (Wildman–Crippen LogP) is 5.00. The standard InChI is InChI=1S/C22H22N4OS2/c1-3-18-23-21-19(15-10-9-13(2)11-17(15)29-21)20-24-25-22(26(18)20)28-12-16(27)14-7-5-4-6-8-14/h4-8,13H,3,9-12H2,1-2H3. The van der Waals surface area contributed by atoms with Crippen molar-refractivity contribution in [3.8, 4) is 0 Å². The van der Waals surface area contributed by atoms with Gasteiger partial charge in [-0.25, -0.2) is 4.98 Å². The molecule has 4 aromatic rings. The molecule has 1 unspecified atom stereocenters. The first-order valence-corrected chi connectivity index (χ1v) is 11.8. The number of thioether (sulfide) groups is 1. The largest absolute Gasteiger partial charge is 0.293 e. The minimum Gasteiger partial charge on any atom is -0.293 e. The lowest BCUT2D eigenvalue weighted by atomic mass is 9.89. The van der Waals surface area contributed by atoms with Crippen molar-refractivity contribution in [1.29, 1.82) is 0 Å². The molecule has 1 aliphatic carbocycles. The average molecular weight is 423 g/mol. The molecule has 1 aromatic carbocycles. The van der Waals surface area contributed by atoms with Gasteiger partial charge in [-0.2, -0.15) is 0 Å². The van der Waals surface area contributed by atoms with Crippen molar-refractivity contribution in [3.05, 3.63) is 52.2 Å². The lowest BCUT2D eigenvalue weighted by Crippen LogP contribution is -2.09. The summed E-state index contributed by atoms with van der Waals surface area (Å²) < 4.78 is 2.07. The van der Waals surface area contributed by atoms with Crippen molar-refractivity contribution < 1.29 is 4.79 Å². The fourth-order valence-electron chi connectivity index (χ4n) is 4.05. The molecule has 0 spiro atoms. The quantitative estimate of drug-likeness (QED) is 0.334. The van der Waals surface area contributed by atoms with E-state index in [0.717, 1.165) is 52.2 Å². The molecule has 5 nitrogen and oxygen atoms in total. The van der Waals surface area contributed by atoms with Crippen LogP contribution in [0.2, 0.25) is 0 Å². The summed E-state index contributed by atoms with van der Waals surface area (Å²) in [6.45, 7) is 4.43. The Bertz CT molecular complexity index is 1210. The molecule has 0 bridgehead atoms. The maximum Gasteiger partial charge on any atom is 0.197 e. The third kappa shape index (κ3) is 3.26. The number of carbonyl (C=O) groups excluding carboxylic acids is 1. The van der Waals surface area contributed by atoms with E-state index in [0.29, 0.717) is 5.75 Å². The highest BCUT2D eigenvalue weighted by atomic mass is 32.2. The Morgan fingerprint density at radius 2 is 2.10 bits per heavy atom. The minimum absolute atomic E-state index is 0.0985. The molecule has 0 saturated carbocycles. The van der Waals surface area contributed by atoms with Crippen LogP contribution in [0, 0.1) is 5.92 Å². The van der Waals surface area contributed by atoms with E-state index >= 15 is 0 Å². The van der Waals surface area contributed by atoms with Gasteiger partial charge in [0.1, 0.15) is 10.7 Å². The summed E-state index contributed by atoms with van der Waals surface area (Å²) in [5.41, 5.74) is 3.03. The van der Waals surface area contributed by atoms with Gasteiger partial charge >= 0.3 is 0 Å². The first-order chi connectivity index (χ1) is 14.2. The summed E-state index contributed by atoms with van der Waals surface area (Å²) in [5, 5.41) is 10.9. The molecule has 7 heteroatoms. The first kappa shape index (κ1) is 18.8. The normalized spacial score (nSPS) is 16.4. The Hall–Kier alpha value is -2.25. The van der Waals surface area contributed by atoms with Crippen molar-refractivity contribution in [1.82, 2.24) is 19.6 Å². The van der Waals surface area contributed by atoms with Crippen molar-refractivity contribution in [2.45, 2.75) is 44.7 Å². The second-order valence-corrected chi connectivity index (χ2v) is 9.66. The number of rotatable bonds is 5. The molecule has 5 rings (SSSR count). The highest BCUT2D eigenvalue weighted by Gasteiger charge is 2.25. The number of nitrogens with zero attached hydrogens (tertiary/aromatic N) is 4. The minimum atomic E-state index is 0.0985. The summed E-state index contributed by atoms with van der Waals surface area (Å²) in [6.07, 6.45) is 4.22. The fraction of sp³-hybridized carbons (Fsp3) is 0.364. The molecule has 0 radical (unpaired) electrons. The molecular weight excluding hydrogens is 400 g/mol. The molecule has 3 aromatic heterocycles. The predicted molar refractivity (Wildman–Crippen MR) is 118 cm³/mol. The van der Waals surface area contributed by atoms with E-state index in [1.807, 2.05) is 41.7 Å². The van der Waals surface area contributed by atoms with Gasteiger partial charge in [0.25, 0.3) is 0 Å². The van der Waals surface area contributed by atoms with Crippen molar-refractivity contribution in [2.24, 2.45) is 5.92 Å². The summed E-state index contributed by atoms with van der Waals surface area (Å²) in [7, 11) is 0. The number of fused-ring (bicyclic) bond motifs is 5. The molecule has 0 aliphatic heterocycles. The molecule has 0 fully saturated rings. The van der Waals surface area contributed by atoms with Crippen molar-refractivity contribution in [3.63, 3.8) is 0 Å². The van der Waals surface area contributed by atoms with Gasteiger partial charge in [0, 0.05) is 16.9 Å². The third-order valence-electron chi connectivity index (χ3n) is 5.58. The molecule has 3 heterocycles. The van der Waals surface area contributed by atoms with Gasteiger partial charge in [-0.3, -0.25) is 9.20 Å². The Morgan fingerprint density at radius 3 is 2.90 bits per heavy atom. The van der Waals surface area contributed by atoms with Gasteiger partial charge in [0.15, 0.2) is 16.6 Å². The highest BCUT2D eigenvalue weighted by molar-refractivity contribution is 7.99. The molecule has 1 atom stereocenters. The zero-order valence-corrected chi connectivity index (χ0v) is 18.1. The zero-order valence-electron chi connectivity index (χ0n) is 16.5. The number of aromatic nitrogens is 4. The van der Waals surface area contributed by atoms with Crippen LogP contribution in [0.3, 0.4) is 0 Å². The van der Waals surface area contributed by atoms with Crippen LogP contribution in [0.15, 0.2) is 35.5 Å². The number of benzene rings is 1. The van der Waals surface area contributed by atoms with E-state index in [4.69, 9.17) is 4.98 Å². The van der Waals surface area contributed by atoms with Crippen LogP contribution < -0.4 is 0 Å². The Labute approximate surface area is 177 Å². The van der Waals surface area contributed by atoms with Crippen LogP contribution in [-0.2, 0) is 19.3 Å². The Kier molecular flexibility index (Phi) is 4.87. The summed E-state index contributed by atoms with van der Waals surface area (Å²) in [6, 6.07) is 9.41. The van der Waals surface area contributed by atoms with Crippen LogP contribution in [-0.4, -0.2) is 31.1 Å². The SMILES string of the molecule is CCc1nc2sc3c(c2c2nnc(SCC(=O)c4ccccc4)n12)CCC(C)C3. The van der Waals surface area contributed by atoms with Crippen LogP contribution in [0.5, 0.6) is 0 Å². The van der Waals surface area contributed by atoms with Gasteiger partial charge in [-0.15, -0.1) is 21.5 Å². The molecule has 1 aliphatic rings. The number of thiophene rings is 1. The maximum atomic E-state index is 12.5. The summed E-state index contributed by atoms with van der Waals surface area (Å²) >= 11 is 3.26. The fourth-order valence-corrected chi connectivity index (χ4v) is 6.29. The molecule has 0 saturated heterocycles. The number of ketones is 1. The molecule has 29 heavy (non-hydrogen) atoms. The molecule has 0 N–H and O–H groups in total. The highest BCUT2D eigenvalue weighted by Crippen LogP contribution is 2.39. The topological polar surface area (TPSA) is 60.2 Å². The van der Waals surface area contributed by atoms with E-state index in [1.54, 1.807) is 0 Å². The van der Waals surface area contributed by atoms with Gasteiger partial charge in [-0.1, -0.05) is 55.9 Å². The van der Waals surface area contributed by atoms with Gasteiger partial charge in [-0.05, 0) is 30.7 Å². The number of hydrogen-bond acceptors (Lipinski definition) is 6. The molecule has 0 amide bonds. The van der Waals surface area contributed by atoms with Gasteiger partial charge < -0.3 is 0 Å². The number of hydrogen-bond donors (Lipinski definition) is 0.